The van der Waals surface area contributed by atoms with Crippen LogP contribution in [0.2, 0.25) is 0 Å². The SMILES string of the molecule is CCN(CC)C(=O)c1cc2nn(-c3cc(C(=O)N(C)C)ccc3O)nc2cc1C(=O)NN. The van der Waals surface area contributed by atoms with E-state index in [9.17, 15) is 19.5 Å². The fourth-order valence-electron chi connectivity index (χ4n) is 3.27. The minimum absolute atomic E-state index is 0.0599. The van der Waals surface area contributed by atoms with Gasteiger partial charge in [0.2, 0.25) is 0 Å². The fourth-order valence-corrected chi connectivity index (χ4v) is 3.27. The minimum Gasteiger partial charge on any atom is -0.506 e. The number of carbonyl (C=O) groups is 3. The quantitative estimate of drug-likeness (QED) is 0.294. The molecule has 3 aromatic rings. The normalized spacial score (nSPS) is 10.8. The highest BCUT2D eigenvalue weighted by Gasteiger charge is 2.23. The Kier molecular flexibility index (Phi) is 6.40. The molecule has 3 rings (SSSR count). The van der Waals surface area contributed by atoms with Crippen LogP contribution in [0.1, 0.15) is 44.9 Å². The highest BCUT2D eigenvalue weighted by Crippen LogP contribution is 2.25. The van der Waals surface area contributed by atoms with Crippen molar-refractivity contribution < 1.29 is 19.5 Å². The summed E-state index contributed by atoms with van der Waals surface area (Å²) in [6.45, 7) is 4.60. The molecule has 0 radical (unpaired) electrons. The lowest BCUT2D eigenvalue weighted by Crippen LogP contribution is -2.35. The van der Waals surface area contributed by atoms with Crippen LogP contribution >= 0.6 is 0 Å². The van der Waals surface area contributed by atoms with E-state index in [1.54, 1.807) is 19.0 Å². The van der Waals surface area contributed by atoms with Crippen molar-refractivity contribution in [1.82, 2.24) is 30.2 Å². The van der Waals surface area contributed by atoms with Crippen LogP contribution in [0, 0.1) is 0 Å². The van der Waals surface area contributed by atoms with Crippen LogP contribution in [0.3, 0.4) is 0 Å². The Morgan fingerprint density at radius 3 is 2.12 bits per heavy atom. The van der Waals surface area contributed by atoms with Gasteiger partial charge in [-0.3, -0.25) is 19.8 Å². The number of carbonyl (C=O) groups excluding carboxylic acids is 3. The molecule has 0 bridgehead atoms. The smallest absolute Gasteiger partial charge is 0.266 e. The van der Waals surface area contributed by atoms with Crippen molar-refractivity contribution in [3.8, 4) is 11.4 Å². The molecule has 0 saturated carbocycles. The summed E-state index contributed by atoms with van der Waals surface area (Å²) in [5.74, 6) is 3.94. The molecule has 0 spiro atoms. The first kappa shape index (κ1) is 22.7. The van der Waals surface area contributed by atoms with Gasteiger partial charge < -0.3 is 14.9 Å². The van der Waals surface area contributed by atoms with Gasteiger partial charge in [-0.15, -0.1) is 15.0 Å². The summed E-state index contributed by atoms with van der Waals surface area (Å²) < 4.78 is 0. The summed E-state index contributed by atoms with van der Waals surface area (Å²) in [5, 5.41) is 19.0. The highest BCUT2D eigenvalue weighted by atomic mass is 16.3. The Balaban J connectivity index is 2.17. The Morgan fingerprint density at radius 1 is 1.00 bits per heavy atom. The Labute approximate surface area is 184 Å². The van der Waals surface area contributed by atoms with E-state index in [1.165, 1.54) is 35.2 Å². The first-order valence-corrected chi connectivity index (χ1v) is 9.98. The maximum Gasteiger partial charge on any atom is 0.266 e. The number of nitrogens with zero attached hydrogens (tertiary/aromatic N) is 5. The van der Waals surface area contributed by atoms with E-state index in [4.69, 9.17) is 5.84 Å². The summed E-state index contributed by atoms with van der Waals surface area (Å²) in [6.07, 6.45) is 0. The van der Waals surface area contributed by atoms with Crippen LogP contribution in [0.15, 0.2) is 30.3 Å². The molecule has 0 fully saturated rings. The predicted molar refractivity (Wildman–Crippen MR) is 117 cm³/mol. The number of hydrogen-bond acceptors (Lipinski definition) is 7. The Bertz CT molecular complexity index is 1200. The zero-order valence-corrected chi connectivity index (χ0v) is 18.3. The van der Waals surface area contributed by atoms with Gasteiger partial charge in [0.25, 0.3) is 17.7 Å². The molecule has 0 saturated heterocycles. The van der Waals surface area contributed by atoms with Crippen LogP contribution in [0.25, 0.3) is 16.7 Å². The van der Waals surface area contributed by atoms with Crippen molar-refractivity contribution in [3.05, 3.63) is 47.0 Å². The number of nitrogens with two attached hydrogens (primary N) is 1. The first-order valence-electron chi connectivity index (χ1n) is 9.98. The average Bonchev–Trinajstić information content (AvgIpc) is 3.20. The number of hydrazine groups is 1. The van der Waals surface area contributed by atoms with Crippen LogP contribution in [-0.2, 0) is 0 Å². The van der Waals surface area contributed by atoms with E-state index in [1.807, 2.05) is 19.3 Å². The number of benzene rings is 2. The molecule has 32 heavy (non-hydrogen) atoms. The van der Waals surface area contributed by atoms with E-state index >= 15 is 0 Å². The topological polar surface area (TPSA) is 147 Å². The second kappa shape index (κ2) is 9.02. The van der Waals surface area contributed by atoms with Gasteiger partial charge in [-0.2, -0.15) is 0 Å². The van der Waals surface area contributed by atoms with Gasteiger partial charge in [-0.05, 0) is 44.2 Å². The molecule has 2 aromatic carbocycles. The molecule has 1 heterocycles. The average molecular weight is 439 g/mol. The first-order chi connectivity index (χ1) is 15.2. The Morgan fingerprint density at radius 2 is 1.59 bits per heavy atom. The van der Waals surface area contributed by atoms with Gasteiger partial charge in [-0.25, -0.2) is 5.84 Å². The summed E-state index contributed by atoms with van der Waals surface area (Å²) in [6, 6.07) is 7.23. The Hall–Kier alpha value is -3.99. The lowest BCUT2D eigenvalue weighted by Gasteiger charge is -2.20. The van der Waals surface area contributed by atoms with Crippen LogP contribution in [0.5, 0.6) is 5.75 Å². The molecule has 0 aliphatic rings. The molecule has 0 unspecified atom stereocenters. The molecule has 4 N–H and O–H groups in total. The zero-order valence-electron chi connectivity index (χ0n) is 18.3. The molecule has 11 heteroatoms. The van der Waals surface area contributed by atoms with E-state index < -0.39 is 5.91 Å². The zero-order chi connectivity index (χ0) is 23.6. The molecule has 11 nitrogen and oxygen atoms in total. The van der Waals surface area contributed by atoms with Crippen molar-refractivity contribution >= 4 is 28.8 Å². The molecular weight excluding hydrogens is 414 g/mol. The van der Waals surface area contributed by atoms with Crippen molar-refractivity contribution in [3.63, 3.8) is 0 Å². The number of amides is 3. The van der Waals surface area contributed by atoms with E-state index in [0.29, 0.717) is 29.7 Å². The molecule has 0 aliphatic heterocycles. The molecular formula is C21H25N7O4. The van der Waals surface area contributed by atoms with Crippen LogP contribution in [0.4, 0.5) is 0 Å². The third-order valence-corrected chi connectivity index (χ3v) is 5.02. The standard InChI is InChI=1S/C21H25N7O4/c1-5-27(6-2)21(32)14-11-16-15(10-13(14)19(30)23-22)24-28(25-16)17-9-12(7-8-18(17)29)20(31)26(3)4/h7-11,29H,5-6,22H2,1-4H3,(H,23,30). The number of nitrogens with one attached hydrogen (secondary N) is 1. The van der Waals surface area contributed by atoms with E-state index in [2.05, 4.69) is 10.2 Å². The summed E-state index contributed by atoms with van der Waals surface area (Å²) >= 11 is 0. The molecule has 0 aliphatic carbocycles. The summed E-state index contributed by atoms with van der Waals surface area (Å²) in [5.41, 5.74) is 3.40. The second-order valence-corrected chi connectivity index (χ2v) is 7.23. The molecule has 1 aromatic heterocycles. The number of nitrogen functional groups attached to an aromatic ring is 1. The highest BCUT2D eigenvalue weighted by molar-refractivity contribution is 6.09. The lowest BCUT2D eigenvalue weighted by atomic mass is 10.0. The third kappa shape index (κ3) is 4.10. The lowest BCUT2D eigenvalue weighted by molar-refractivity contribution is 0.0765. The van der Waals surface area contributed by atoms with Crippen molar-refractivity contribution in [2.24, 2.45) is 5.84 Å². The number of hydrogen-bond donors (Lipinski definition) is 3. The number of fused-ring (bicyclic) bond motifs is 1. The third-order valence-electron chi connectivity index (χ3n) is 5.02. The number of phenols is 1. The minimum atomic E-state index is -0.640. The second-order valence-electron chi connectivity index (χ2n) is 7.23. The van der Waals surface area contributed by atoms with Gasteiger partial charge >= 0.3 is 0 Å². The number of aromatic nitrogens is 3. The van der Waals surface area contributed by atoms with Gasteiger partial charge in [-0.1, -0.05) is 0 Å². The molecule has 3 amide bonds. The van der Waals surface area contributed by atoms with Crippen molar-refractivity contribution in [2.45, 2.75) is 13.8 Å². The molecule has 0 atom stereocenters. The number of phenolic OH excluding ortho intramolecular Hbond substituents is 1. The largest absolute Gasteiger partial charge is 0.506 e. The monoisotopic (exact) mass is 439 g/mol. The maximum absolute atomic E-state index is 13.0. The van der Waals surface area contributed by atoms with E-state index in [0.717, 1.165) is 4.80 Å². The summed E-state index contributed by atoms with van der Waals surface area (Å²) in [4.78, 5) is 41.8. The molecule has 168 valence electrons. The number of rotatable bonds is 6. The number of aromatic hydroxyl groups is 1. The van der Waals surface area contributed by atoms with Crippen LogP contribution < -0.4 is 11.3 Å². The van der Waals surface area contributed by atoms with Crippen molar-refractivity contribution in [1.29, 1.82) is 0 Å². The van der Waals surface area contributed by atoms with Crippen molar-refractivity contribution in [2.75, 3.05) is 27.2 Å². The summed E-state index contributed by atoms with van der Waals surface area (Å²) in [7, 11) is 3.24. The van der Waals surface area contributed by atoms with E-state index in [-0.39, 0.29) is 34.4 Å². The van der Waals surface area contributed by atoms with Gasteiger partial charge in [0, 0.05) is 32.7 Å². The van der Waals surface area contributed by atoms with Gasteiger partial charge in [0.15, 0.2) is 0 Å². The predicted octanol–water partition coefficient (Wildman–Crippen LogP) is 0.913. The maximum atomic E-state index is 13.0. The fraction of sp³-hybridized carbons (Fsp3) is 0.286. The van der Waals surface area contributed by atoms with Gasteiger partial charge in [0.1, 0.15) is 22.5 Å². The van der Waals surface area contributed by atoms with Gasteiger partial charge in [0.05, 0.1) is 11.1 Å². The van der Waals surface area contributed by atoms with Crippen LogP contribution in [-0.4, -0.2) is 74.8 Å².